The summed E-state index contributed by atoms with van der Waals surface area (Å²) in [6, 6.07) is 8.26. The molecule has 0 spiro atoms. The lowest BCUT2D eigenvalue weighted by molar-refractivity contribution is -0.115. The zero-order valence-electron chi connectivity index (χ0n) is 12.5. The number of carbonyl (C=O) groups excluding carboxylic acids is 2. The number of halogens is 2. The third-order valence-corrected chi connectivity index (χ3v) is 4.86. The number of rotatable bonds is 3. The van der Waals surface area contributed by atoms with Crippen molar-refractivity contribution in [1.29, 1.82) is 0 Å². The fourth-order valence-corrected chi connectivity index (χ4v) is 3.06. The van der Waals surface area contributed by atoms with Gasteiger partial charge in [-0.3, -0.25) is 19.9 Å². The van der Waals surface area contributed by atoms with E-state index in [0.717, 1.165) is 11.8 Å². The van der Waals surface area contributed by atoms with Crippen molar-refractivity contribution >= 4 is 58.0 Å². The topological polar surface area (TPSA) is 83.5 Å². The summed E-state index contributed by atoms with van der Waals surface area (Å²) in [5, 5.41) is 7.50. The molecule has 0 unspecified atom stereocenters. The van der Waals surface area contributed by atoms with E-state index in [1.807, 2.05) is 0 Å². The number of pyridine rings is 1. The molecule has 25 heavy (non-hydrogen) atoms. The Hall–Kier alpha value is -2.35. The molecule has 2 N–H and O–H groups in total. The van der Waals surface area contributed by atoms with Crippen LogP contribution in [0.1, 0.15) is 15.9 Å². The third-order valence-electron chi connectivity index (χ3n) is 3.12. The second-order valence-corrected chi connectivity index (χ2v) is 6.62. The summed E-state index contributed by atoms with van der Waals surface area (Å²) in [4.78, 5) is 28.2. The zero-order valence-corrected chi connectivity index (χ0v) is 14.8. The van der Waals surface area contributed by atoms with Gasteiger partial charge in [0, 0.05) is 18.0 Å². The molecule has 0 radical (unpaired) electrons. The van der Waals surface area contributed by atoms with Crippen LogP contribution in [0, 0.1) is 0 Å². The third kappa shape index (κ3) is 4.19. The van der Waals surface area contributed by atoms with Gasteiger partial charge in [-0.1, -0.05) is 35.3 Å². The quantitative estimate of drug-likeness (QED) is 0.619. The predicted molar refractivity (Wildman–Crippen MR) is 99.3 cm³/mol. The average molecular weight is 393 g/mol. The number of amidine groups is 1. The molecule has 1 aliphatic rings. The Kier molecular flexibility index (Phi) is 5.37. The van der Waals surface area contributed by atoms with Crippen LogP contribution >= 0.6 is 35.0 Å². The minimum Gasteiger partial charge on any atom is -0.299 e. The second-order valence-electron chi connectivity index (χ2n) is 4.80. The van der Waals surface area contributed by atoms with Crippen molar-refractivity contribution in [3.63, 3.8) is 0 Å². The molecule has 2 amide bonds. The van der Waals surface area contributed by atoms with E-state index < -0.39 is 5.91 Å². The maximum atomic E-state index is 12.0. The van der Waals surface area contributed by atoms with Crippen LogP contribution in [0.25, 0.3) is 6.08 Å². The van der Waals surface area contributed by atoms with Crippen molar-refractivity contribution in [2.24, 2.45) is 5.10 Å². The smallest absolute Gasteiger partial charge is 0.271 e. The van der Waals surface area contributed by atoms with Gasteiger partial charge in [0.25, 0.3) is 11.8 Å². The van der Waals surface area contributed by atoms with Crippen LogP contribution in [-0.4, -0.2) is 22.0 Å². The van der Waals surface area contributed by atoms with Crippen LogP contribution in [0.4, 0.5) is 0 Å². The molecule has 1 fully saturated rings. The highest BCUT2D eigenvalue weighted by Crippen LogP contribution is 2.31. The number of benzene rings is 1. The molecule has 6 nitrogen and oxygen atoms in total. The van der Waals surface area contributed by atoms with Gasteiger partial charge < -0.3 is 0 Å². The average Bonchev–Trinajstić information content (AvgIpc) is 2.97. The standard InChI is InChI=1S/C16H10Cl2N4O2S/c17-11-3-1-2-10(13(11)18)8-12-15(24)20-16(25-12)22-21-14(23)9-4-6-19-7-5-9/h1-8H,(H,21,23)(H,20,22,24). The van der Waals surface area contributed by atoms with E-state index in [1.165, 1.54) is 12.4 Å². The molecular weight excluding hydrogens is 383 g/mol. The molecule has 0 bridgehead atoms. The highest BCUT2D eigenvalue weighted by Gasteiger charge is 2.24. The van der Waals surface area contributed by atoms with Crippen molar-refractivity contribution < 1.29 is 9.59 Å². The number of nitrogens with one attached hydrogen (secondary N) is 2. The summed E-state index contributed by atoms with van der Waals surface area (Å²) in [6.45, 7) is 0. The lowest BCUT2D eigenvalue weighted by Gasteiger charge is -2.00. The number of carbonyl (C=O) groups is 2. The Morgan fingerprint density at radius 2 is 2.00 bits per heavy atom. The maximum Gasteiger partial charge on any atom is 0.271 e. The van der Waals surface area contributed by atoms with Crippen molar-refractivity contribution in [1.82, 2.24) is 15.7 Å². The first-order valence-electron chi connectivity index (χ1n) is 6.97. The Labute approximate surface area is 157 Å². The molecule has 1 saturated heterocycles. The highest BCUT2D eigenvalue weighted by atomic mass is 35.5. The molecule has 3 rings (SSSR count). The summed E-state index contributed by atoms with van der Waals surface area (Å²) in [7, 11) is 0. The fourth-order valence-electron chi connectivity index (χ4n) is 1.92. The van der Waals surface area contributed by atoms with Gasteiger partial charge in [-0.05, 0) is 41.6 Å². The second kappa shape index (κ2) is 7.69. The van der Waals surface area contributed by atoms with Crippen molar-refractivity contribution in [3.8, 4) is 0 Å². The molecule has 0 atom stereocenters. The number of hydrazone groups is 1. The molecule has 1 aromatic heterocycles. The summed E-state index contributed by atoms with van der Waals surface area (Å²) in [6.07, 6.45) is 4.62. The minimum absolute atomic E-state index is 0.261. The van der Waals surface area contributed by atoms with Gasteiger partial charge in [0.15, 0.2) is 5.17 Å². The minimum atomic E-state index is -0.403. The Bertz CT molecular complexity index is 900. The van der Waals surface area contributed by atoms with Gasteiger partial charge in [0.2, 0.25) is 0 Å². The van der Waals surface area contributed by atoms with Crippen LogP contribution in [0.3, 0.4) is 0 Å². The molecule has 2 aromatic rings. The van der Waals surface area contributed by atoms with E-state index in [2.05, 4.69) is 20.8 Å². The molecule has 1 aromatic carbocycles. The molecule has 0 aliphatic carbocycles. The summed E-state index contributed by atoms with van der Waals surface area (Å²) in [5.41, 5.74) is 3.41. The lowest BCUT2D eigenvalue weighted by atomic mass is 10.2. The van der Waals surface area contributed by atoms with E-state index in [4.69, 9.17) is 23.2 Å². The van der Waals surface area contributed by atoms with Crippen LogP contribution in [-0.2, 0) is 4.79 Å². The van der Waals surface area contributed by atoms with Gasteiger partial charge >= 0.3 is 0 Å². The molecule has 9 heteroatoms. The van der Waals surface area contributed by atoms with Crippen molar-refractivity contribution in [2.75, 3.05) is 0 Å². The summed E-state index contributed by atoms with van der Waals surface area (Å²) < 4.78 is 0. The van der Waals surface area contributed by atoms with Gasteiger partial charge in [0.05, 0.1) is 15.0 Å². The molecule has 1 aliphatic heterocycles. The fraction of sp³-hybridized carbons (Fsp3) is 0. The van der Waals surface area contributed by atoms with E-state index >= 15 is 0 Å². The molecule has 0 saturated carbocycles. The number of hydrogen-bond donors (Lipinski definition) is 2. The van der Waals surface area contributed by atoms with E-state index in [-0.39, 0.29) is 11.1 Å². The first-order chi connectivity index (χ1) is 12.0. The van der Waals surface area contributed by atoms with E-state index in [1.54, 1.807) is 36.4 Å². The number of nitrogens with zero attached hydrogens (tertiary/aromatic N) is 2. The first kappa shape index (κ1) is 17.5. The number of aromatic nitrogens is 1. The predicted octanol–water partition coefficient (Wildman–Crippen LogP) is 3.29. The SMILES string of the molecule is O=C1NC(=NNC(=O)c2ccncc2)SC1=Cc1cccc(Cl)c1Cl. The van der Waals surface area contributed by atoms with Gasteiger partial charge in [0.1, 0.15) is 0 Å². The Morgan fingerprint density at radius 1 is 1.24 bits per heavy atom. The van der Waals surface area contributed by atoms with Crippen LogP contribution < -0.4 is 10.7 Å². The van der Waals surface area contributed by atoms with Crippen LogP contribution in [0.15, 0.2) is 52.7 Å². The normalized spacial score (nSPS) is 17.0. The van der Waals surface area contributed by atoms with E-state index in [9.17, 15) is 9.59 Å². The summed E-state index contributed by atoms with van der Waals surface area (Å²) >= 11 is 13.2. The number of hydrogen-bond acceptors (Lipinski definition) is 5. The van der Waals surface area contributed by atoms with Crippen LogP contribution in [0.5, 0.6) is 0 Å². The largest absolute Gasteiger partial charge is 0.299 e. The van der Waals surface area contributed by atoms with Gasteiger partial charge in [-0.15, -0.1) is 5.10 Å². The Morgan fingerprint density at radius 3 is 2.76 bits per heavy atom. The Balaban J connectivity index is 1.73. The van der Waals surface area contributed by atoms with Gasteiger partial charge in [-0.25, -0.2) is 5.43 Å². The summed E-state index contributed by atoms with van der Waals surface area (Å²) in [5.74, 6) is -0.738. The maximum absolute atomic E-state index is 12.0. The first-order valence-corrected chi connectivity index (χ1v) is 8.55. The molecule has 2 heterocycles. The number of thioether (sulfide) groups is 1. The lowest BCUT2D eigenvalue weighted by Crippen LogP contribution is -2.25. The number of amides is 2. The zero-order chi connectivity index (χ0) is 17.8. The van der Waals surface area contributed by atoms with E-state index in [0.29, 0.717) is 26.1 Å². The monoisotopic (exact) mass is 392 g/mol. The van der Waals surface area contributed by atoms with Crippen molar-refractivity contribution in [2.45, 2.75) is 0 Å². The van der Waals surface area contributed by atoms with Crippen molar-refractivity contribution in [3.05, 3.63) is 68.8 Å². The van der Waals surface area contributed by atoms with Gasteiger partial charge in [-0.2, -0.15) is 0 Å². The molecule has 126 valence electrons. The van der Waals surface area contributed by atoms with Crippen LogP contribution in [0.2, 0.25) is 10.0 Å². The molecular formula is C16H10Cl2N4O2S. The highest BCUT2D eigenvalue weighted by molar-refractivity contribution is 8.18.